The molecule has 0 unspecified atom stereocenters. The zero-order valence-corrected chi connectivity index (χ0v) is 11.2. The van der Waals surface area contributed by atoms with Crippen molar-refractivity contribution in [2.24, 2.45) is 0 Å². The molecule has 0 aromatic heterocycles. The topological polar surface area (TPSA) is 55.4 Å². The second kappa shape index (κ2) is 5.82. The Morgan fingerprint density at radius 2 is 1.94 bits per heavy atom. The van der Waals surface area contributed by atoms with E-state index in [1.807, 2.05) is 12.1 Å². The van der Waals surface area contributed by atoms with Crippen molar-refractivity contribution in [1.29, 1.82) is 0 Å². The van der Waals surface area contributed by atoms with Gasteiger partial charge in [-0.05, 0) is 17.7 Å². The molecule has 1 saturated heterocycles. The molecule has 0 amide bonds. The predicted molar refractivity (Wildman–Crippen MR) is 68.4 cm³/mol. The Hall–Kier alpha value is -0.620. The SMILES string of the molecule is CS(=O)(=O)c1ccc([C@@H]2COCCN2)cc1.Cl. The van der Waals surface area contributed by atoms with Gasteiger partial charge in [-0.3, -0.25) is 0 Å². The first-order chi connectivity index (χ1) is 7.57. The third kappa shape index (κ3) is 3.67. The van der Waals surface area contributed by atoms with E-state index >= 15 is 0 Å². The standard InChI is InChI=1S/C11H15NO3S.ClH/c1-16(13,14)10-4-2-9(3-5-10)11-8-15-7-6-12-11;/h2-5,11-12H,6-8H2,1H3;1H/t11-;/m0./s1. The highest BCUT2D eigenvalue weighted by Gasteiger charge is 2.15. The minimum absolute atomic E-state index is 0. The Kier molecular flexibility index (Phi) is 4.94. The molecular weight excluding hydrogens is 262 g/mol. The van der Waals surface area contributed by atoms with Crippen LogP contribution in [0.25, 0.3) is 0 Å². The molecule has 1 fully saturated rings. The van der Waals surface area contributed by atoms with Crippen LogP contribution < -0.4 is 5.32 Å². The molecule has 17 heavy (non-hydrogen) atoms. The number of benzene rings is 1. The molecular formula is C11H16ClNO3S. The fraction of sp³-hybridized carbons (Fsp3) is 0.455. The van der Waals surface area contributed by atoms with E-state index in [-0.39, 0.29) is 18.4 Å². The molecule has 6 heteroatoms. The van der Waals surface area contributed by atoms with E-state index in [0.717, 1.165) is 18.7 Å². The van der Waals surface area contributed by atoms with Crippen LogP contribution in [0.3, 0.4) is 0 Å². The van der Waals surface area contributed by atoms with Gasteiger partial charge in [0.25, 0.3) is 0 Å². The Morgan fingerprint density at radius 3 is 2.41 bits per heavy atom. The van der Waals surface area contributed by atoms with Crippen molar-refractivity contribution in [3.8, 4) is 0 Å². The van der Waals surface area contributed by atoms with Crippen LogP contribution in [0.2, 0.25) is 0 Å². The third-order valence-corrected chi connectivity index (χ3v) is 3.76. The molecule has 1 N–H and O–H groups in total. The summed E-state index contributed by atoms with van der Waals surface area (Å²) in [4.78, 5) is 0.355. The molecule has 1 aromatic rings. The van der Waals surface area contributed by atoms with Gasteiger partial charge in [-0.2, -0.15) is 0 Å². The van der Waals surface area contributed by atoms with Crippen LogP contribution in [0.1, 0.15) is 11.6 Å². The Bertz CT molecular complexity index is 452. The third-order valence-electron chi connectivity index (χ3n) is 2.63. The van der Waals surface area contributed by atoms with Crippen LogP contribution in [0.5, 0.6) is 0 Å². The fourth-order valence-corrected chi connectivity index (χ4v) is 2.36. The van der Waals surface area contributed by atoms with Gasteiger partial charge in [0.1, 0.15) is 0 Å². The Morgan fingerprint density at radius 1 is 1.29 bits per heavy atom. The van der Waals surface area contributed by atoms with Crippen LogP contribution in [-0.2, 0) is 14.6 Å². The molecule has 0 radical (unpaired) electrons. The van der Waals surface area contributed by atoms with Gasteiger partial charge in [-0.1, -0.05) is 12.1 Å². The number of nitrogens with one attached hydrogen (secondary N) is 1. The van der Waals surface area contributed by atoms with Gasteiger partial charge in [0.2, 0.25) is 0 Å². The van der Waals surface area contributed by atoms with E-state index in [4.69, 9.17) is 4.74 Å². The van der Waals surface area contributed by atoms with E-state index < -0.39 is 9.84 Å². The zero-order chi connectivity index (χ0) is 11.6. The van der Waals surface area contributed by atoms with Gasteiger partial charge in [0.15, 0.2) is 9.84 Å². The maximum Gasteiger partial charge on any atom is 0.175 e. The van der Waals surface area contributed by atoms with E-state index in [1.165, 1.54) is 6.26 Å². The van der Waals surface area contributed by atoms with Crippen molar-refractivity contribution in [3.63, 3.8) is 0 Å². The van der Waals surface area contributed by atoms with Gasteiger partial charge in [-0.25, -0.2) is 8.42 Å². The van der Waals surface area contributed by atoms with Crippen molar-refractivity contribution < 1.29 is 13.2 Å². The largest absolute Gasteiger partial charge is 0.378 e. The summed E-state index contributed by atoms with van der Waals surface area (Å²) >= 11 is 0. The second-order valence-corrected chi connectivity index (χ2v) is 5.94. The highest BCUT2D eigenvalue weighted by Crippen LogP contribution is 2.18. The number of morpholine rings is 1. The summed E-state index contributed by atoms with van der Waals surface area (Å²) in [6.45, 7) is 2.20. The maximum absolute atomic E-state index is 11.3. The van der Waals surface area contributed by atoms with Crippen LogP contribution in [-0.4, -0.2) is 34.4 Å². The lowest BCUT2D eigenvalue weighted by Gasteiger charge is -2.24. The Balaban J connectivity index is 0.00000144. The summed E-state index contributed by atoms with van der Waals surface area (Å²) in [6.07, 6.45) is 1.21. The van der Waals surface area contributed by atoms with Gasteiger partial charge >= 0.3 is 0 Å². The summed E-state index contributed by atoms with van der Waals surface area (Å²) in [5, 5.41) is 3.32. The summed E-state index contributed by atoms with van der Waals surface area (Å²) in [7, 11) is -3.10. The summed E-state index contributed by atoms with van der Waals surface area (Å²) in [6, 6.07) is 7.12. The first-order valence-electron chi connectivity index (χ1n) is 5.18. The summed E-state index contributed by atoms with van der Waals surface area (Å²) in [5.74, 6) is 0. The number of halogens is 1. The summed E-state index contributed by atoms with van der Waals surface area (Å²) < 4.78 is 27.9. The molecule has 1 aromatic carbocycles. The van der Waals surface area contributed by atoms with Crippen LogP contribution in [0, 0.1) is 0 Å². The lowest BCUT2D eigenvalue weighted by Crippen LogP contribution is -2.34. The second-order valence-electron chi connectivity index (χ2n) is 3.92. The molecule has 0 spiro atoms. The zero-order valence-electron chi connectivity index (χ0n) is 9.55. The normalized spacial score (nSPS) is 20.6. The predicted octanol–water partition coefficient (Wildman–Crippen LogP) is 1.17. The van der Waals surface area contributed by atoms with Gasteiger partial charge in [0.05, 0.1) is 24.2 Å². The lowest BCUT2D eigenvalue weighted by molar-refractivity contribution is 0.0769. The van der Waals surface area contributed by atoms with E-state index in [1.54, 1.807) is 12.1 Å². The number of sulfone groups is 1. The van der Waals surface area contributed by atoms with E-state index in [9.17, 15) is 8.42 Å². The molecule has 0 saturated carbocycles. The molecule has 0 aliphatic carbocycles. The van der Waals surface area contributed by atoms with Crippen LogP contribution in [0.4, 0.5) is 0 Å². The highest BCUT2D eigenvalue weighted by atomic mass is 35.5. The number of rotatable bonds is 2. The smallest absolute Gasteiger partial charge is 0.175 e. The van der Waals surface area contributed by atoms with Crippen molar-refractivity contribution >= 4 is 22.2 Å². The molecule has 1 heterocycles. The van der Waals surface area contributed by atoms with E-state index in [0.29, 0.717) is 11.5 Å². The van der Waals surface area contributed by atoms with Crippen molar-refractivity contribution in [3.05, 3.63) is 29.8 Å². The molecule has 2 rings (SSSR count). The first kappa shape index (κ1) is 14.4. The van der Waals surface area contributed by atoms with Crippen LogP contribution in [0.15, 0.2) is 29.2 Å². The average molecular weight is 278 g/mol. The lowest BCUT2D eigenvalue weighted by atomic mass is 10.1. The molecule has 96 valence electrons. The molecule has 1 aliphatic heterocycles. The molecule has 0 bridgehead atoms. The average Bonchev–Trinajstić information content (AvgIpc) is 2.29. The van der Waals surface area contributed by atoms with Gasteiger partial charge < -0.3 is 10.1 Å². The molecule has 1 aliphatic rings. The number of hydrogen-bond donors (Lipinski definition) is 1. The molecule has 4 nitrogen and oxygen atoms in total. The van der Waals surface area contributed by atoms with Crippen molar-refractivity contribution in [2.75, 3.05) is 26.0 Å². The summed E-state index contributed by atoms with van der Waals surface area (Å²) in [5.41, 5.74) is 1.06. The van der Waals surface area contributed by atoms with Crippen LogP contribution >= 0.6 is 12.4 Å². The first-order valence-corrected chi connectivity index (χ1v) is 7.07. The number of hydrogen-bond acceptors (Lipinski definition) is 4. The minimum atomic E-state index is -3.10. The molecule has 1 atom stereocenters. The van der Waals surface area contributed by atoms with Gasteiger partial charge in [-0.15, -0.1) is 12.4 Å². The monoisotopic (exact) mass is 277 g/mol. The Labute approximate surface area is 108 Å². The number of ether oxygens (including phenoxy) is 1. The van der Waals surface area contributed by atoms with Crippen molar-refractivity contribution in [1.82, 2.24) is 5.32 Å². The fourth-order valence-electron chi connectivity index (χ4n) is 1.73. The highest BCUT2D eigenvalue weighted by molar-refractivity contribution is 7.90. The minimum Gasteiger partial charge on any atom is -0.378 e. The van der Waals surface area contributed by atoms with Crippen molar-refractivity contribution in [2.45, 2.75) is 10.9 Å². The van der Waals surface area contributed by atoms with Gasteiger partial charge in [0, 0.05) is 12.8 Å². The van der Waals surface area contributed by atoms with E-state index in [2.05, 4.69) is 5.32 Å². The quantitative estimate of drug-likeness (QED) is 0.882. The maximum atomic E-state index is 11.3.